The van der Waals surface area contributed by atoms with E-state index in [1.165, 1.54) is 27.9 Å². The van der Waals surface area contributed by atoms with Crippen LogP contribution in [0, 0.1) is 0 Å². The average molecular weight is 445 g/mol. The molecule has 4 nitrogen and oxygen atoms in total. The second-order valence-electron chi connectivity index (χ2n) is 9.53. The van der Waals surface area contributed by atoms with Crippen molar-refractivity contribution in [2.45, 2.75) is 44.6 Å². The molecule has 0 aliphatic heterocycles. The first-order chi connectivity index (χ1) is 16.0. The monoisotopic (exact) mass is 444 g/mol. The Balaban J connectivity index is 1.37. The normalized spacial score (nSPS) is 16.3. The van der Waals surface area contributed by atoms with Crippen molar-refractivity contribution in [2.75, 3.05) is 32.6 Å². The van der Waals surface area contributed by atoms with Gasteiger partial charge in [-0.15, -0.1) is 0 Å². The maximum absolute atomic E-state index is 9.79. The number of para-hydroxylation sites is 1. The summed E-state index contributed by atoms with van der Waals surface area (Å²) >= 11 is 0. The number of phenolic OH excluding ortho intramolecular Hbond substituents is 1. The molecule has 4 rings (SSSR count). The molecule has 4 heteroatoms. The van der Waals surface area contributed by atoms with E-state index in [-0.39, 0.29) is 0 Å². The number of ether oxygens (including phenoxy) is 1. The van der Waals surface area contributed by atoms with Crippen molar-refractivity contribution in [3.8, 4) is 11.5 Å². The molecule has 0 bridgehead atoms. The Morgan fingerprint density at radius 2 is 1.82 bits per heavy atom. The molecule has 0 aromatic heterocycles. The largest absolute Gasteiger partial charge is 0.508 e. The van der Waals surface area contributed by atoms with Crippen LogP contribution in [0.4, 0.5) is 5.69 Å². The van der Waals surface area contributed by atoms with Crippen molar-refractivity contribution in [3.63, 3.8) is 0 Å². The number of anilines is 1. The number of phenols is 1. The lowest BCUT2D eigenvalue weighted by Crippen LogP contribution is -2.21. The Bertz CT molecular complexity index is 1050. The van der Waals surface area contributed by atoms with Gasteiger partial charge in [-0.1, -0.05) is 36.4 Å². The molecule has 0 saturated carbocycles. The van der Waals surface area contributed by atoms with E-state index in [9.17, 15) is 5.11 Å². The lowest BCUT2D eigenvalue weighted by Gasteiger charge is -2.28. The number of hydrogen-bond donors (Lipinski definition) is 2. The minimum Gasteiger partial charge on any atom is -0.508 e. The van der Waals surface area contributed by atoms with Gasteiger partial charge < -0.3 is 20.1 Å². The van der Waals surface area contributed by atoms with Crippen molar-refractivity contribution in [1.82, 2.24) is 4.90 Å². The fourth-order valence-corrected chi connectivity index (χ4v) is 4.73. The van der Waals surface area contributed by atoms with Gasteiger partial charge in [0.1, 0.15) is 18.1 Å². The third-order valence-corrected chi connectivity index (χ3v) is 6.49. The summed E-state index contributed by atoms with van der Waals surface area (Å²) in [5, 5.41) is 13.6. The molecule has 3 aromatic carbocycles. The zero-order valence-electron chi connectivity index (χ0n) is 20.1. The molecule has 0 radical (unpaired) electrons. The molecule has 0 heterocycles. The van der Waals surface area contributed by atoms with E-state index in [4.69, 9.17) is 4.74 Å². The third-order valence-electron chi connectivity index (χ3n) is 6.49. The number of rotatable bonds is 9. The summed E-state index contributed by atoms with van der Waals surface area (Å²) in [6.07, 6.45) is 4.11. The molecule has 33 heavy (non-hydrogen) atoms. The molecule has 3 aromatic rings. The second-order valence-corrected chi connectivity index (χ2v) is 9.53. The summed E-state index contributed by atoms with van der Waals surface area (Å²) in [7, 11) is 4.11. The number of hydrogen-bond acceptors (Lipinski definition) is 4. The highest BCUT2D eigenvalue weighted by Crippen LogP contribution is 2.37. The van der Waals surface area contributed by atoms with Crippen LogP contribution in [0.1, 0.15) is 41.5 Å². The van der Waals surface area contributed by atoms with Crippen molar-refractivity contribution in [1.29, 1.82) is 0 Å². The van der Waals surface area contributed by atoms with Crippen molar-refractivity contribution >= 4 is 5.69 Å². The Morgan fingerprint density at radius 3 is 2.61 bits per heavy atom. The molecule has 1 aliphatic carbocycles. The van der Waals surface area contributed by atoms with Gasteiger partial charge in [-0.2, -0.15) is 0 Å². The number of aromatic hydroxyl groups is 1. The molecule has 2 unspecified atom stereocenters. The Kier molecular flexibility index (Phi) is 7.56. The highest BCUT2D eigenvalue weighted by Gasteiger charge is 2.22. The Labute approximate surface area is 198 Å². The SMILES string of the molecule is CC(Cc1ccc(OCCN(C)C)cc1)Nc1ccccc1C1CCc2cc(O)ccc2C1. The zero-order chi connectivity index (χ0) is 23.2. The van der Waals surface area contributed by atoms with Crippen LogP contribution in [0.15, 0.2) is 66.7 Å². The third kappa shape index (κ3) is 6.29. The number of aryl methyl sites for hydroxylation is 1. The molecule has 2 N–H and O–H groups in total. The van der Waals surface area contributed by atoms with Crippen LogP contribution in [0.2, 0.25) is 0 Å². The first-order valence-corrected chi connectivity index (χ1v) is 12.0. The molecule has 2 atom stereocenters. The lowest BCUT2D eigenvalue weighted by molar-refractivity contribution is 0.261. The van der Waals surface area contributed by atoms with Crippen LogP contribution >= 0.6 is 0 Å². The first-order valence-electron chi connectivity index (χ1n) is 12.0. The van der Waals surface area contributed by atoms with Crippen LogP contribution < -0.4 is 10.1 Å². The van der Waals surface area contributed by atoms with Crippen LogP contribution in [-0.2, 0) is 19.3 Å². The van der Waals surface area contributed by atoms with Gasteiger partial charge in [0.05, 0.1) is 0 Å². The molecule has 1 aliphatic rings. The van der Waals surface area contributed by atoms with Crippen LogP contribution in [0.3, 0.4) is 0 Å². The topological polar surface area (TPSA) is 44.7 Å². The molecule has 0 fully saturated rings. The summed E-state index contributed by atoms with van der Waals surface area (Å²) in [6, 6.07) is 23.4. The Hall–Kier alpha value is -2.98. The highest BCUT2D eigenvalue weighted by molar-refractivity contribution is 5.55. The van der Waals surface area contributed by atoms with Crippen LogP contribution in [0.5, 0.6) is 11.5 Å². The van der Waals surface area contributed by atoms with Gasteiger partial charge in [0, 0.05) is 18.3 Å². The quantitative estimate of drug-likeness (QED) is 0.448. The number of likely N-dealkylation sites (N-methyl/N-ethyl adjacent to an activating group) is 1. The van der Waals surface area contributed by atoms with Gasteiger partial charge in [-0.05, 0) is 105 Å². The van der Waals surface area contributed by atoms with Crippen LogP contribution in [0.25, 0.3) is 0 Å². The first kappa shape index (κ1) is 23.2. The van der Waals surface area contributed by atoms with Gasteiger partial charge in [0.15, 0.2) is 0 Å². The highest BCUT2D eigenvalue weighted by atomic mass is 16.5. The minimum atomic E-state index is 0.319. The number of nitrogens with zero attached hydrogens (tertiary/aromatic N) is 1. The van der Waals surface area contributed by atoms with Crippen molar-refractivity contribution in [3.05, 3.63) is 89.0 Å². The second kappa shape index (κ2) is 10.8. The lowest BCUT2D eigenvalue weighted by atomic mass is 9.79. The summed E-state index contributed by atoms with van der Waals surface area (Å²) in [4.78, 5) is 2.12. The van der Waals surface area contributed by atoms with Gasteiger partial charge in [-0.25, -0.2) is 0 Å². The van der Waals surface area contributed by atoms with E-state index < -0.39 is 0 Å². The fraction of sp³-hybridized carbons (Fsp3) is 0.379. The number of nitrogens with one attached hydrogen (secondary N) is 1. The molecule has 0 amide bonds. The predicted molar refractivity (Wildman–Crippen MR) is 137 cm³/mol. The molecular formula is C29H36N2O2. The predicted octanol–water partition coefficient (Wildman–Crippen LogP) is 5.65. The van der Waals surface area contributed by atoms with E-state index in [1.807, 2.05) is 12.1 Å². The smallest absolute Gasteiger partial charge is 0.119 e. The van der Waals surface area contributed by atoms with E-state index in [2.05, 4.69) is 85.8 Å². The Morgan fingerprint density at radius 1 is 1.03 bits per heavy atom. The number of benzene rings is 3. The minimum absolute atomic E-state index is 0.319. The van der Waals surface area contributed by atoms with Gasteiger partial charge in [-0.3, -0.25) is 0 Å². The standard InChI is InChI=1S/C29H36N2O2/c1-21(18-22-8-14-27(15-9-22)33-17-16-31(2)3)30-29-7-5-4-6-28(29)25-11-10-24-20-26(32)13-12-23(24)19-25/h4-9,12-15,20-21,25,30,32H,10-11,16-19H2,1-3H3. The van der Waals surface area contributed by atoms with E-state index >= 15 is 0 Å². The van der Waals surface area contributed by atoms with Crippen molar-refractivity contribution < 1.29 is 9.84 Å². The molecule has 0 saturated heterocycles. The van der Waals surface area contributed by atoms with Gasteiger partial charge in [0.2, 0.25) is 0 Å². The zero-order valence-corrected chi connectivity index (χ0v) is 20.1. The molecule has 174 valence electrons. The summed E-state index contributed by atoms with van der Waals surface area (Å²) < 4.78 is 5.82. The molecule has 0 spiro atoms. The summed E-state index contributed by atoms with van der Waals surface area (Å²) in [6.45, 7) is 3.86. The maximum atomic E-state index is 9.79. The average Bonchev–Trinajstić information content (AvgIpc) is 2.80. The number of fused-ring (bicyclic) bond motifs is 1. The van der Waals surface area contributed by atoms with Gasteiger partial charge >= 0.3 is 0 Å². The fourth-order valence-electron chi connectivity index (χ4n) is 4.73. The van der Waals surface area contributed by atoms with E-state index in [0.29, 0.717) is 24.3 Å². The van der Waals surface area contributed by atoms with Gasteiger partial charge in [0.25, 0.3) is 0 Å². The van der Waals surface area contributed by atoms with E-state index in [0.717, 1.165) is 38.0 Å². The van der Waals surface area contributed by atoms with Crippen LogP contribution in [-0.4, -0.2) is 43.3 Å². The molecular weight excluding hydrogens is 408 g/mol. The summed E-state index contributed by atoms with van der Waals surface area (Å²) in [5.74, 6) is 1.80. The summed E-state index contributed by atoms with van der Waals surface area (Å²) in [5.41, 5.74) is 6.59. The maximum Gasteiger partial charge on any atom is 0.119 e. The van der Waals surface area contributed by atoms with Crippen molar-refractivity contribution in [2.24, 2.45) is 0 Å². The van der Waals surface area contributed by atoms with E-state index in [1.54, 1.807) is 0 Å².